The van der Waals surface area contributed by atoms with Gasteiger partial charge in [0.25, 0.3) is 0 Å². The molecule has 1 saturated heterocycles. The monoisotopic (exact) mass is 400 g/mol. The highest BCUT2D eigenvalue weighted by atomic mass is 16.5. The molecule has 156 valence electrons. The highest BCUT2D eigenvalue weighted by molar-refractivity contribution is 6.27. The smallest absolute Gasteiger partial charge is 0.414 e. The molecule has 7 heteroatoms. The maximum atomic E-state index is 9.10. The lowest BCUT2D eigenvalue weighted by Crippen LogP contribution is -2.47. The summed E-state index contributed by atoms with van der Waals surface area (Å²) in [7, 11) is 0. The second-order valence-corrected chi connectivity index (χ2v) is 6.60. The van der Waals surface area contributed by atoms with E-state index in [9.17, 15) is 0 Å². The van der Waals surface area contributed by atoms with Gasteiger partial charge in [0.2, 0.25) is 0 Å². The Bertz CT molecular complexity index is 762. The topological polar surface area (TPSA) is 90.3 Å². The van der Waals surface area contributed by atoms with Gasteiger partial charge in [0.15, 0.2) is 0 Å². The molecule has 1 aliphatic heterocycles. The number of piperazine rings is 1. The largest absolute Gasteiger partial charge is 0.492 e. The number of likely N-dealkylation sites (N-methyl/N-ethyl adjacent to an activating group) is 1. The molecule has 0 aliphatic carbocycles. The molecule has 3 rings (SSSR count). The van der Waals surface area contributed by atoms with Gasteiger partial charge in [0.1, 0.15) is 12.4 Å². The SMILES string of the molecule is CCN1CCN(CCOc2ccccc2-c2ccccc2)CC1.O=C(O)C(=O)O. The van der Waals surface area contributed by atoms with E-state index in [0.29, 0.717) is 0 Å². The van der Waals surface area contributed by atoms with Crippen molar-refractivity contribution in [3.05, 3.63) is 54.6 Å². The second-order valence-electron chi connectivity index (χ2n) is 6.60. The van der Waals surface area contributed by atoms with Crippen LogP contribution in [0.25, 0.3) is 11.1 Å². The summed E-state index contributed by atoms with van der Waals surface area (Å²) in [6.07, 6.45) is 0. The predicted molar refractivity (Wildman–Crippen MR) is 111 cm³/mol. The van der Waals surface area contributed by atoms with Gasteiger partial charge in [-0.3, -0.25) is 4.90 Å². The van der Waals surface area contributed by atoms with Gasteiger partial charge in [-0.25, -0.2) is 9.59 Å². The summed E-state index contributed by atoms with van der Waals surface area (Å²) in [6.45, 7) is 9.80. The van der Waals surface area contributed by atoms with E-state index in [4.69, 9.17) is 24.5 Å². The summed E-state index contributed by atoms with van der Waals surface area (Å²) < 4.78 is 6.09. The molecule has 0 saturated carbocycles. The summed E-state index contributed by atoms with van der Waals surface area (Å²) in [6, 6.07) is 18.8. The fourth-order valence-corrected chi connectivity index (χ4v) is 3.06. The number of hydrogen-bond acceptors (Lipinski definition) is 5. The molecule has 0 unspecified atom stereocenters. The van der Waals surface area contributed by atoms with Crippen LogP contribution in [0.5, 0.6) is 5.75 Å². The van der Waals surface area contributed by atoms with Gasteiger partial charge in [-0.15, -0.1) is 0 Å². The second kappa shape index (κ2) is 11.8. The highest BCUT2D eigenvalue weighted by Gasteiger charge is 2.15. The van der Waals surface area contributed by atoms with E-state index in [2.05, 4.69) is 59.2 Å². The zero-order chi connectivity index (χ0) is 21.1. The molecule has 2 aromatic carbocycles. The summed E-state index contributed by atoms with van der Waals surface area (Å²) in [4.78, 5) is 23.2. The number of benzene rings is 2. The van der Waals surface area contributed by atoms with Crippen molar-refractivity contribution in [2.45, 2.75) is 6.92 Å². The number of aliphatic carboxylic acids is 2. The molecular weight excluding hydrogens is 372 g/mol. The zero-order valence-corrected chi connectivity index (χ0v) is 16.7. The molecule has 0 radical (unpaired) electrons. The van der Waals surface area contributed by atoms with Crippen molar-refractivity contribution >= 4 is 11.9 Å². The minimum atomic E-state index is -1.82. The summed E-state index contributed by atoms with van der Waals surface area (Å²) in [5, 5.41) is 14.8. The Morgan fingerprint density at radius 3 is 2.00 bits per heavy atom. The van der Waals surface area contributed by atoms with E-state index >= 15 is 0 Å². The summed E-state index contributed by atoms with van der Waals surface area (Å²) in [5.41, 5.74) is 2.38. The van der Waals surface area contributed by atoms with Crippen LogP contribution < -0.4 is 4.74 Å². The fourth-order valence-electron chi connectivity index (χ4n) is 3.06. The third kappa shape index (κ3) is 7.56. The van der Waals surface area contributed by atoms with E-state index in [0.717, 1.165) is 38.5 Å². The average Bonchev–Trinajstić information content (AvgIpc) is 2.75. The molecular formula is C22H28N2O5. The first kappa shape index (κ1) is 22.4. The molecule has 0 amide bonds. The lowest BCUT2D eigenvalue weighted by molar-refractivity contribution is -0.159. The molecule has 7 nitrogen and oxygen atoms in total. The van der Waals surface area contributed by atoms with Crippen LogP contribution in [0, 0.1) is 0 Å². The predicted octanol–water partition coefficient (Wildman–Crippen LogP) is 2.53. The lowest BCUT2D eigenvalue weighted by atomic mass is 10.1. The molecule has 2 aromatic rings. The summed E-state index contributed by atoms with van der Waals surface area (Å²) in [5.74, 6) is -2.67. The Morgan fingerprint density at radius 1 is 0.862 bits per heavy atom. The van der Waals surface area contributed by atoms with E-state index in [1.54, 1.807) is 0 Å². The number of hydrogen-bond donors (Lipinski definition) is 2. The Morgan fingerprint density at radius 2 is 1.41 bits per heavy atom. The molecule has 2 N–H and O–H groups in total. The molecule has 0 atom stereocenters. The molecule has 0 bridgehead atoms. The molecule has 0 spiro atoms. The number of nitrogens with zero attached hydrogens (tertiary/aromatic N) is 2. The molecule has 1 aliphatic rings. The Balaban J connectivity index is 0.000000438. The average molecular weight is 400 g/mol. The van der Waals surface area contributed by atoms with Crippen LogP contribution in [0.2, 0.25) is 0 Å². The number of ether oxygens (including phenoxy) is 1. The van der Waals surface area contributed by atoms with Crippen molar-refractivity contribution in [2.24, 2.45) is 0 Å². The van der Waals surface area contributed by atoms with Crippen molar-refractivity contribution in [3.63, 3.8) is 0 Å². The van der Waals surface area contributed by atoms with Gasteiger partial charge in [0.05, 0.1) is 0 Å². The van der Waals surface area contributed by atoms with Crippen LogP contribution in [0.3, 0.4) is 0 Å². The van der Waals surface area contributed by atoms with Crippen molar-refractivity contribution < 1.29 is 24.5 Å². The quantitative estimate of drug-likeness (QED) is 0.720. The number of carbonyl (C=O) groups is 2. The molecule has 29 heavy (non-hydrogen) atoms. The minimum absolute atomic E-state index is 0.746. The van der Waals surface area contributed by atoms with Crippen molar-refractivity contribution in [1.29, 1.82) is 0 Å². The maximum Gasteiger partial charge on any atom is 0.414 e. The maximum absolute atomic E-state index is 9.10. The lowest BCUT2D eigenvalue weighted by Gasteiger charge is -2.33. The van der Waals surface area contributed by atoms with Gasteiger partial charge in [-0.1, -0.05) is 55.5 Å². The van der Waals surface area contributed by atoms with Crippen molar-refractivity contribution in [2.75, 3.05) is 45.9 Å². The number of carboxylic acids is 2. The van der Waals surface area contributed by atoms with E-state index in [1.807, 2.05) is 12.1 Å². The normalized spacial score (nSPS) is 14.5. The first-order valence-electron chi connectivity index (χ1n) is 9.69. The van der Waals surface area contributed by atoms with Crippen molar-refractivity contribution in [1.82, 2.24) is 9.80 Å². The third-order valence-corrected chi connectivity index (χ3v) is 4.73. The van der Waals surface area contributed by atoms with Crippen LogP contribution in [-0.4, -0.2) is 77.8 Å². The highest BCUT2D eigenvalue weighted by Crippen LogP contribution is 2.29. The van der Waals surface area contributed by atoms with Crippen LogP contribution in [-0.2, 0) is 9.59 Å². The molecule has 0 aromatic heterocycles. The van der Waals surface area contributed by atoms with Gasteiger partial charge >= 0.3 is 11.9 Å². The van der Waals surface area contributed by atoms with Gasteiger partial charge in [-0.2, -0.15) is 0 Å². The third-order valence-electron chi connectivity index (χ3n) is 4.73. The number of rotatable bonds is 6. The summed E-state index contributed by atoms with van der Waals surface area (Å²) >= 11 is 0. The number of carboxylic acid groups (broad SMARTS) is 2. The Hall–Kier alpha value is -2.90. The van der Waals surface area contributed by atoms with Gasteiger partial charge in [-0.05, 0) is 18.2 Å². The first-order chi connectivity index (χ1) is 14.0. The van der Waals surface area contributed by atoms with Crippen LogP contribution in [0.15, 0.2) is 54.6 Å². The fraction of sp³-hybridized carbons (Fsp3) is 0.364. The Kier molecular flexibility index (Phi) is 9.14. The van der Waals surface area contributed by atoms with E-state index in [-0.39, 0.29) is 0 Å². The van der Waals surface area contributed by atoms with Gasteiger partial charge < -0.3 is 19.8 Å². The Labute approximate surface area is 171 Å². The molecule has 1 fully saturated rings. The van der Waals surface area contributed by atoms with Crippen molar-refractivity contribution in [3.8, 4) is 16.9 Å². The van der Waals surface area contributed by atoms with E-state index in [1.165, 1.54) is 24.2 Å². The number of para-hydroxylation sites is 1. The standard InChI is InChI=1S/C20H26N2O.C2H2O4/c1-2-21-12-14-22(15-13-21)16-17-23-20-11-7-6-10-19(20)18-8-4-3-5-9-18;3-1(4)2(5)6/h3-11H,2,12-17H2,1H3;(H,3,4)(H,5,6). The van der Waals surface area contributed by atoms with Crippen LogP contribution in [0.4, 0.5) is 0 Å². The van der Waals surface area contributed by atoms with E-state index < -0.39 is 11.9 Å². The van der Waals surface area contributed by atoms with Gasteiger partial charge in [0, 0.05) is 38.3 Å². The van der Waals surface area contributed by atoms with Crippen LogP contribution >= 0.6 is 0 Å². The zero-order valence-electron chi connectivity index (χ0n) is 16.7. The minimum Gasteiger partial charge on any atom is -0.492 e. The first-order valence-corrected chi connectivity index (χ1v) is 9.69. The van der Waals surface area contributed by atoms with Crippen LogP contribution in [0.1, 0.15) is 6.92 Å². The molecule has 1 heterocycles.